The van der Waals surface area contributed by atoms with Crippen LogP contribution in [0.4, 0.5) is 0 Å². The Hall–Kier alpha value is -2.36. The SMILES string of the molecule is C/C=C(\C=C\c1ccc(CC)cc1)NO.CCCCCC1=CCC2=CCCC=C21.CCCO. The van der Waals surface area contributed by atoms with Crippen molar-refractivity contribution in [2.75, 3.05) is 6.61 Å². The average Bonchev–Trinajstić information content (AvgIpc) is 3.29. The maximum absolute atomic E-state index is 8.72. The highest BCUT2D eigenvalue weighted by Crippen LogP contribution is 2.36. The Morgan fingerprint density at radius 2 is 1.67 bits per heavy atom. The van der Waals surface area contributed by atoms with Crippen molar-refractivity contribution in [1.29, 1.82) is 0 Å². The second kappa shape index (κ2) is 18.1. The zero-order chi connectivity index (χ0) is 24.3. The van der Waals surface area contributed by atoms with Gasteiger partial charge in [0.25, 0.3) is 0 Å². The van der Waals surface area contributed by atoms with E-state index in [0.717, 1.165) is 18.4 Å². The molecule has 0 atom stereocenters. The van der Waals surface area contributed by atoms with Crippen LogP contribution in [0.15, 0.2) is 77.1 Å². The lowest BCUT2D eigenvalue weighted by Gasteiger charge is -2.11. The molecule has 0 unspecified atom stereocenters. The normalized spacial score (nSPS) is 14.8. The van der Waals surface area contributed by atoms with Gasteiger partial charge in [-0.3, -0.25) is 10.7 Å². The second-order valence-corrected chi connectivity index (χ2v) is 8.32. The van der Waals surface area contributed by atoms with E-state index in [1.54, 1.807) is 22.8 Å². The van der Waals surface area contributed by atoms with Gasteiger partial charge in [0.2, 0.25) is 0 Å². The molecule has 0 bridgehead atoms. The fourth-order valence-electron chi connectivity index (χ4n) is 3.65. The van der Waals surface area contributed by atoms with Crippen LogP contribution in [0.5, 0.6) is 0 Å². The number of fused-ring (bicyclic) bond motifs is 1. The van der Waals surface area contributed by atoms with E-state index in [9.17, 15) is 0 Å². The predicted octanol–water partition coefficient (Wildman–Crippen LogP) is 8.08. The zero-order valence-electron chi connectivity index (χ0n) is 21.2. The molecule has 0 amide bonds. The van der Waals surface area contributed by atoms with Crippen molar-refractivity contribution in [2.45, 2.75) is 85.5 Å². The molecule has 0 fully saturated rings. The molecule has 182 valence electrons. The highest BCUT2D eigenvalue weighted by atomic mass is 16.5. The number of hydrogen-bond acceptors (Lipinski definition) is 3. The largest absolute Gasteiger partial charge is 0.396 e. The molecule has 0 aliphatic heterocycles. The van der Waals surface area contributed by atoms with E-state index in [0.29, 0.717) is 12.3 Å². The molecule has 3 rings (SSSR count). The lowest BCUT2D eigenvalue weighted by atomic mass is 9.94. The van der Waals surface area contributed by atoms with Gasteiger partial charge in [-0.1, -0.05) is 88.3 Å². The van der Waals surface area contributed by atoms with Crippen molar-refractivity contribution >= 4 is 6.08 Å². The van der Waals surface area contributed by atoms with Crippen molar-refractivity contribution in [3.63, 3.8) is 0 Å². The molecule has 2 aliphatic carbocycles. The van der Waals surface area contributed by atoms with Crippen LogP contribution >= 0.6 is 0 Å². The number of allylic oxidation sites excluding steroid dienone is 8. The van der Waals surface area contributed by atoms with Gasteiger partial charge in [0.15, 0.2) is 0 Å². The van der Waals surface area contributed by atoms with Gasteiger partial charge >= 0.3 is 0 Å². The predicted molar refractivity (Wildman–Crippen MR) is 143 cm³/mol. The van der Waals surface area contributed by atoms with Gasteiger partial charge in [0, 0.05) is 6.61 Å². The van der Waals surface area contributed by atoms with Crippen molar-refractivity contribution in [2.24, 2.45) is 0 Å². The molecular weight excluding hydrogens is 406 g/mol. The van der Waals surface area contributed by atoms with E-state index in [1.807, 2.05) is 26.0 Å². The van der Waals surface area contributed by atoms with Crippen LogP contribution in [0.25, 0.3) is 6.08 Å². The zero-order valence-corrected chi connectivity index (χ0v) is 21.2. The Morgan fingerprint density at radius 3 is 2.24 bits per heavy atom. The van der Waals surface area contributed by atoms with Crippen molar-refractivity contribution < 1.29 is 10.3 Å². The minimum atomic E-state index is 0.319. The van der Waals surface area contributed by atoms with Crippen LogP contribution in [-0.4, -0.2) is 16.9 Å². The first-order chi connectivity index (χ1) is 16.1. The van der Waals surface area contributed by atoms with Gasteiger partial charge in [-0.15, -0.1) is 0 Å². The number of hydrogen-bond donors (Lipinski definition) is 3. The molecule has 0 radical (unpaired) electrons. The molecule has 3 heteroatoms. The fraction of sp³-hybridized carbons (Fsp3) is 0.467. The van der Waals surface area contributed by atoms with Gasteiger partial charge in [-0.2, -0.15) is 0 Å². The summed E-state index contributed by atoms with van der Waals surface area (Å²) in [5.41, 5.74) is 10.1. The van der Waals surface area contributed by atoms with E-state index in [2.05, 4.69) is 61.8 Å². The summed E-state index contributed by atoms with van der Waals surface area (Å²) < 4.78 is 0. The summed E-state index contributed by atoms with van der Waals surface area (Å²) in [6.45, 7) is 8.52. The minimum Gasteiger partial charge on any atom is -0.396 e. The van der Waals surface area contributed by atoms with E-state index in [4.69, 9.17) is 10.3 Å². The van der Waals surface area contributed by atoms with Crippen molar-refractivity contribution in [3.05, 3.63) is 88.2 Å². The molecule has 1 aromatic carbocycles. The molecule has 3 N–H and O–H groups in total. The number of unbranched alkanes of at least 4 members (excludes halogenated alkanes) is 2. The lowest BCUT2D eigenvalue weighted by Crippen LogP contribution is -2.02. The van der Waals surface area contributed by atoms with Crippen molar-refractivity contribution in [3.8, 4) is 0 Å². The van der Waals surface area contributed by atoms with Crippen LogP contribution in [0.1, 0.15) is 90.2 Å². The summed E-state index contributed by atoms with van der Waals surface area (Å²) in [5.74, 6) is 0. The van der Waals surface area contributed by atoms with Crippen molar-refractivity contribution in [1.82, 2.24) is 5.48 Å². The average molecular weight is 452 g/mol. The number of rotatable bonds is 9. The monoisotopic (exact) mass is 451 g/mol. The molecule has 0 saturated heterocycles. The summed E-state index contributed by atoms with van der Waals surface area (Å²) in [5, 5.41) is 16.6. The first kappa shape index (κ1) is 28.7. The van der Waals surface area contributed by atoms with E-state index in [-0.39, 0.29) is 0 Å². The Labute approximate surface area is 202 Å². The van der Waals surface area contributed by atoms with Crippen LogP contribution in [0, 0.1) is 0 Å². The van der Waals surface area contributed by atoms with Crippen LogP contribution < -0.4 is 5.48 Å². The van der Waals surface area contributed by atoms with Crippen LogP contribution in [-0.2, 0) is 6.42 Å². The van der Waals surface area contributed by atoms with Gasteiger partial charge in [-0.05, 0) is 85.8 Å². The molecular formula is C30H45NO2. The number of nitrogens with one attached hydrogen (secondary N) is 1. The lowest BCUT2D eigenvalue weighted by molar-refractivity contribution is 0.205. The summed E-state index contributed by atoms with van der Waals surface area (Å²) in [6.07, 6.45) is 23.9. The molecule has 0 spiro atoms. The standard InChI is InChI=1S/C14H20.C13H17NO.C3H8O/c1-2-3-4-7-12-10-11-13-8-5-6-9-14(12)13;1-3-11-5-7-12(8-6-11)9-10-13(4-2)14-15;1-2-3-4/h8-10H,2-7,11H2,1H3;4-10,14-15H,3H2,1-2H3;4H,2-3H2,1H3/b;10-9+,13-4+;. The molecule has 0 saturated carbocycles. The highest BCUT2D eigenvalue weighted by Gasteiger charge is 2.17. The number of aryl methyl sites for hydroxylation is 1. The molecule has 0 aromatic heterocycles. The van der Waals surface area contributed by atoms with E-state index >= 15 is 0 Å². The molecule has 2 aliphatic rings. The summed E-state index contributed by atoms with van der Waals surface area (Å²) in [6, 6.07) is 8.36. The van der Waals surface area contributed by atoms with Crippen LogP contribution in [0.3, 0.4) is 0 Å². The van der Waals surface area contributed by atoms with Gasteiger partial charge < -0.3 is 5.11 Å². The van der Waals surface area contributed by atoms with Gasteiger partial charge in [0.05, 0.1) is 5.70 Å². The van der Waals surface area contributed by atoms with E-state index in [1.165, 1.54) is 50.5 Å². The third-order valence-corrected chi connectivity index (χ3v) is 5.72. The quantitative estimate of drug-likeness (QED) is 0.202. The summed E-state index contributed by atoms with van der Waals surface area (Å²) in [7, 11) is 0. The maximum atomic E-state index is 8.72. The Balaban J connectivity index is 0.000000285. The summed E-state index contributed by atoms with van der Waals surface area (Å²) in [4.78, 5) is 0. The number of hydroxylamine groups is 1. The third kappa shape index (κ3) is 11.4. The first-order valence-electron chi connectivity index (χ1n) is 12.7. The number of aliphatic hydroxyl groups is 1. The Bertz CT molecular complexity index is 808. The molecule has 1 aromatic rings. The van der Waals surface area contributed by atoms with Gasteiger partial charge in [0.1, 0.15) is 0 Å². The molecule has 33 heavy (non-hydrogen) atoms. The fourth-order valence-corrected chi connectivity index (χ4v) is 3.65. The number of benzene rings is 1. The minimum absolute atomic E-state index is 0.319. The molecule has 0 heterocycles. The number of aliphatic hydroxyl groups excluding tert-OH is 1. The third-order valence-electron chi connectivity index (χ3n) is 5.72. The second-order valence-electron chi connectivity index (χ2n) is 8.32. The van der Waals surface area contributed by atoms with E-state index < -0.39 is 0 Å². The Kier molecular flexibility index (Phi) is 15.7. The van der Waals surface area contributed by atoms with Gasteiger partial charge in [-0.25, -0.2) is 0 Å². The smallest absolute Gasteiger partial charge is 0.0559 e. The molecule has 3 nitrogen and oxygen atoms in total. The summed E-state index contributed by atoms with van der Waals surface area (Å²) >= 11 is 0. The highest BCUT2D eigenvalue weighted by molar-refractivity contribution is 5.54. The van der Waals surface area contributed by atoms with Crippen LogP contribution in [0.2, 0.25) is 0 Å². The Morgan fingerprint density at radius 1 is 0.970 bits per heavy atom. The first-order valence-corrected chi connectivity index (χ1v) is 12.7. The topological polar surface area (TPSA) is 52.5 Å². The maximum Gasteiger partial charge on any atom is 0.0559 e.